The fraction of sp³-hybridized carbons (Fsp3) is 0.650. The number of sulfonamides is 1. The van der Waals surface area contributed by atoms with E-state index >= 15 is 0 Å². The maximum Gasteiger partial charge on any atom is 0.215 e. The van der Waals surface area contributed by atoms with Crippen LogP contribution in [0.1, 0.15) is 56.1 Å². The summed E-state index contributed by atoms with van der Waals surface area (Å²) < 4.78 is 25.5. The molecule has 1 saturated carbocycles. The van der Waals surface area contributed by atoms with Crippen LogP contribution in [0.5, 0.6) is 0 Å². The van der Waals surface area contributed by atoms with Gasteiger partial charge in [0.25, 0.3) is 0 Å². The van der Waals surface area contributed by atoms with Gasteiger partial charge in [0.2, 0.25) is 10.0 Å². The molecule has 0 radical (unpaired) electrons. The summed E-state index contributed by atoms with van der Waals surface area (Å²) in [5.41, 5.74) is 1.86. The molecule has 1 aliphatic rings. The molecule has 0 spiro atoms. The Morgan fingerprint density at radius 2 is 1.71 bits per heavy atom. The molecule has 28 heavy (non-hydrogen) atoms. The van der Waals surface area contributed by atoms with E-state index in [9.17, 15) is 8.42 Å². The number of rotatable bonds is 10. The van der Waals surface area contributed by atoms with Crippen LogP contribution in [0.3, 0.4) is 0 Å². The molecule has 0 unspecified atom stereocenters. The molecule has 1 aliphatic carbocycles. The van der Waals surface area contributed by atoms with E-state index in [-0.39, 0.29) is 29.7 Å². The van der Waals surface area contributed by atoms with Crippen molar-refractivity contribution in [1.29, 1.82) is 0 Å². The minimum atomic E-state index is -3.23. The molecule has 8 heteroatoms. The molecule has 0 heterocycles. The van der Waals surface area contributed by atoms with Crippen molar-refractivity contribution >= 4 is 40.0 Å². The standard InChI is InChI=1S/C20H34N4O2S.HI/c1-21-20(23-14-6-5-9-17-7-3-4-8-17)24-15-18-10-12-19(13-11-18)16-27(25,26)22-2;/h10-13,17,22H,3-9,14-16H2,1-2H3,(H2,21,23,24);1H. The molecule has 160 valence electrons. The molecular formula is C20H35IN4O2S. The fourth-order valence-electron chi connectivity index (χ4n) is 3.52. The molecule has 0 aromatic heterocycles. The van der Waals surface area contributed by atoms with Gasteiger partial charge in [0.1, 0.15) is 0 Å². The van der Waals surface area contributed by atoms with E-state index in [1.807, 2.05) is 24.3 Å². The number of nitrogens with one attached hydrogen (secondary N) is 3. The van der Waals surface area contributed by atoms with Gasteiger partial charge in [-0.1, -0.05) is 62.8 Å². The number of hydrogen-bond acceptors (Lipinski definition) is 3. The van der Waals surface area contributed by atoms with Crippen LogP contribution in [0.25, 0.3) is 0 Å². The number of aliphatic imine (C=N–C) groups is 1. The van der Waals surface area contributed by atoms with Gasteiger partial charge in [0, 0.05) is 20.1 Å². The number of hydrogen-bond donors (Lipinski definition) is 3. The van der Waals surface area contributed by atoms with Gasteiger partial charge in [-0.25, -0.2) is 13.1 Å². The van der Waals surface area contributed by atoms with Crippen molar-refractivity contribution in [2.24, 2.45) is 10.9 Å². The largest absolute Gasteiger partial charge is 0.356 e. The molecule has 6 nitrogen and oxygen atoms in total. The summed E-state index contributed by atoms with van der Waals surface area (Å²) >= 11 is 0. The number of halogens is 1. The Balaban J connectivity index is 0.00000392. The predicted octanol–water partition coefficient (Wildman–Crippen LogP) is 3.38. The molecule has 1 aromatic rings. The number of guanidine groups is 1. The van der Waals surface area contributed by atoms with Crippen LogP contribution >= 0.6 is 24.0 Å². The van der Waals surface area contributed by atoms with E-state index < -0.39 is 10.0 Å². The topological polar surface area (TPSA) is 82.6 Å². The van der Waals surface area contributed by atoms with E-state index in [1.54, 1.807) is 7.05 Å². The van der Waals surface area contributed by atoms with E-state index in [4.69, 9.17) is 0 Å². The smallest absolute Gasteiger partial charge is 0.215 e. The minimum absolute atomic E-state index is 0. The second kappa shape index (κ2) is 13.4. The van der Waals surface area contributed by atoms with Crippen molar-refractivity contribution in [3.05, 3.63) is 35.4 Å². The second-order valence-corrected chi connectivity index (χ2v) is 9.20. The molecule has 0 atom stereocenters. The van der Waals surface area contributed by atoms with Crippen molar-refractivity contribution in [1.82, 2.24) is 15.4 Å². The quantitative estimate of drug-likeness (QED) is 0.191. The number of benzene rings is 1. The van der Waals surface area contributed by atoms with E-state index in [1.165, 1.54) is 52.0 Å². The van der Waals surface area contributed by atoms with Crippen LogP contribution in [-0.2, 0) is 22.3 Å². The van der Waals surface area contributed by atoms with Gasteiger partial charge >= 0.3 is 0 Å². The molecule has 2 rings (SSSR count). The zero-order valence-electron chi connectivity index (χ0n) is 17.0. The number of unbranched alkanes of at least 4 members (excludes halogenated alkanes) is 1. The molecule has 3 N–H and O–H groups in total. The molecule has 0 amide bonds. The lowest BCUT2D eigenvalue weighted by Gasteiger charge is -2.13. The first-order valence-electron chi connectivity index (χ1n) is 9.96. The highest BCUT2D eigenvalue weighted by molar-refractivity contribution is 14.0. The summed E-state index contributed by atoms with van der Waals surface area (Å²) in [6, 6.07) is 7.60. The molecule has 0 aliphatic heterocycles. The summed E-state index contributed by atoms with van der Waals surface area (Å²) in [4.78, 5) is 4.26. The monoisotopic (exact) mass is 522 g/mol. The highest BCUT2D eigenvalue weighted by Gasteiger charge is 2.13. The zero-order chi connectivity index (χ0) is 19.5. The van der Waals surface area contributed by atoms with Crippen molar-refractivity contribution in [2.75, 3.05) is 20.6 Å². The second-order valence-electron chi connectivity index (χ2n) is 7.28. The highest BCUT2D eigenvalue weighted by Crippen LogP contribution is 2.28. The molecule has 1 aromatic carbocycles. The summed E-state index contributed by atoms with van der Waals surface area (Å²) in [5.74, 6) is 1.77. The van der Waals surface area contributed by atoms with Gasteiger partial charge in [-0.15, -0.1) is 24.0 Å². The Morgan fingerprint density at radius 3 is 2.32 bits per heavy atom. The summed E-state index contributed by atoms with van der Waals surface area (Å²) in [6.07, 6.45) is 9.52. The van der Waals surface area contributed by atoms with Crippen LogP contribution in [0, 0.1) is 5.92 Å². The van der Waals surface area contributed by atoms with Crippen molar-refractivity contribution < 1.29 is 8.42 Å². The van der Waals surface area contributed by atoms with Crippen LogP contribution in [-0.4, -0.2) is 35.0 Å². The third-order valence-corrected chi connectivity index (χ3v) is 6.52. The normalized spacial score (nSPS) is 15.3. The van der Waals surface area contributed by atoms with Crippen LogP contribution < -0.4 is 15.4 Å². The van der Waals surface area contributed by atoms with E-state index in [0.717, 1.165) is 29.5 Å². The Morgan fingerprint density at radius 1 is 1.07 bits per heavy atom. The van der Waals surface area contributed by atoms with Crippen LogP contribution in [0.4, 0.5) is 0 Å². The minimum Gasteiger partial charge on any atom is -0.356 e. The SMILES string of the molecule is CN=C(NCCCCC1CCCC1)NCc1ccc(CS(=O)(=O)NC)cc1.I. The average molecular weight is 522 g/mol. The van der Waals surface area contributed by atoms with Gasteiger partial charge in [0.15, 0.2) is 5.96 Å². The number of nitrogens with zero attached hydrogens (tertiary/aromatic N) is 1. The molecular weight excluding hydrogens is 487 g/mol. The third-order valence-electron chi connectivity index (χ3n) is 5.18. The van der Waals surface area contributed by atoms with Gasteiger partial charge in [0.05, 0.1) is 5.75 Å². The molecule has 1 fully saturated rings. The van der Waals surface area contributed by atoms with Crippen molar-refractivity contribution in [3.8, 4) is 0 Å². The summed E-state index contributed by atoms with van der Waals surface area (Å²) in [5, 5.41) is 6.67. The van der Waals surface area contributed by atoms with Crippen molar-refractivity contribution in [3.63, 3.8) is 0 Å². The average Bonchev–Trinajstić information content (AvgIpc) is 3.18. The van der Waals surface area contributed by atoms with Crippen LogP contribution in [0.2, 0.25) is 0 Å². The highest BCUT2D eigenvalue weighted by atomic mass is 127. The van der Waals surface area contributed by atoms with E-state index in [2.05, 4.69) is 20.3 Å². The van der Waals surface area contributed by atoms with Gasteiger partial charge in [-0.3, -0.25) is 4.99 Å². The maximum absolute atomic E-state index is 11.6. The Hall–Kier alpha value is -0.870. The Bertz CT molecular complexity index is 687. The van der Waals surface area contributed by atoms with Crippen molar-refractivity contribution in [2.45, 2.75) is 57.2 Å². The first kappa shape index (κ1) is 25.2. The Kier molecular flexibility index (Phi) is 12.0. The Labute approximate surface area is 187 Å². The lowest BCUT2D eigenvalue weighted by molar-refractivity contribution is 0.472. The fourth-order valence-corrected chi connectivity index (χ4v) is 4.29. The molecule has 0 bridgehead atoms. The van der Waals surface area contributed by atoms with E-state index in [0.29, 0.717) is 6.54 Å². The summed E-state index contributed by atoms with van der Waals surface area (Å²) in [6.45, 7) is 1.59. The third kappa shape index (κ3) is 9.56. The lowest BCUT2D eigenvalue weighted by atomic mass is 10.0. The predicted molar refractivity (Wildman–Crippen MR) is 128 cm³/mol. The van der Waals surface area contributed by atoms with Crippen LogP contribution in [0.15, 0.2) is 29.3 Å². The zero-order valence-corrected chi connectivity index (χ0v) is 20.2. The first-order valence-corrected chi connectivity index (χ1v) is 11.6. The van der Waals surface area contributed by atoms with Gasteiger partial charge < -0.3 is 10.6 Å². The van der Waals surface area contributed by atoms with Gasteiger partial charge in [-0.05, 0) is 30.5 Å². The molecule has 0 saturated heterocycles. The first-order chi connectivity index (χ1) is 13.0. The summed E-state index contributed by atoms with van der Waals surface area (Å²) in [7, 11) is -0.0217. The van der Waals surface area contributed by atoms with Gasteiger partial charge in [-0.2, -0.15) is 0 Å². The maximum atomic E-state index is 11.6. The lowest BCUT2D eigenvalue weighted by Crippen LogP contribution is -2.37.